The first-order valence-corrected chi connectivity index (χ1v) is 7.61. The van der Waals surface area contributed by atoms with Gasteiger partial charge in [0.1, 0.15) is 17.0 Å². The van der Waals surface area contributed by atoms with Crippen molar-refractivity contribution in [2.24, 2.45) is 5.41 Å². The van der Waals surface area contributed by atoms with Crippen LogP contribution in [0.4, 0.5) is 0 Å². The molecule has 0 aliphatic carbocycles. The molecule has 0 radical (unpaired) electrons. The van der Waals surface area contributed by atoms with Crippen LogP contribution in [-0.2, 0) is 0 Å². The van der Waals surface area contributed by atoms with Gasteiger partial charge in [0.15, 0.2) is 0 Å². The Morgan fingerprint density at radius 3 is 2.55 bits per heavy atom. The van der Waals surface area contributed by atoms with Crippen molar-refractivity contribution in [1.29, 1.82) is 0 Å². The van der Waals surface area contributed by atoms with Crippen LogP contribution in [-0.4, -0.2) is 17.1 Å². The zero-order chi connectivity index (χ0) is 16.5. The Labute approximate surface area is 135 Å². The minimum atomic E-state index is -0.198. The van der Waals surface area contributed by atoms with Crippen LogP contribution in [0.5, 0.6) is 0 Å². The van der Waals surface area contributed by atoms with E-state index in [4.69, 9.17) is 16.1 Å². The number of nitrogens with zero attached hydrogens (tertiary/aromatic N) is 1. The number of carbonyl (C=O) groups excluding carboxylic acids is 1. The Morgan fingerprint density at radius 1 is 1.32 bits per heavy atom. The fourth-order valence-electron chi connectivity index (χ4n) is 1.96. The highest BCUT2D eigenvalue weighted by atomic mass is 35.5. The molecule has 0 spiro atoms. The Hall–Kier alpha value is -1.81. The summed E-state index contributed by atoms with van der Waals surface area (Å²) in [6.45, 7) is 9.94. The van der Waals surface area contributed by atoms with Crippen molar-refractivity contribution in [3.05, 3.63) is 40.6 Å². The predicted octanol–water partition coefficient (Wildman–Crippen LogP) is 4.47. The summed E-state index contributed by atoms with van der Waals surface area (Å²) >= 11 is 6.21. The zero-order valence-corrected chi connectivity index (χ0v) is 14.3. The molecule has 118 valence electrons. The lowest BCUT2D eigenvalue weighted by Gasteiger charge is -2.28. The van der Waals surface area contributed by atoms with E-state index in [1.165, 1.54) is 0 Å². The maximum atomic E-state index is 12.6. The Balaban J connectivity index is 2.39. The number of nitrogens with one attached hydrogen (secondary N) is 1. The molecule has 22 heavy (non-hydrogen) atoms. The van der Waals surface area contributed by atoms with E-state index in [1.807, 2.05) is 25.1 Å². The fraction of sp³-hybridized carbons (Fsp3) is 0.412. The lowest BCUT2D eigenvalue weighted by Crippen LogP contribution is -2.41. The number of rotatable bonds is 3. The molecular formula is C17H21ClN2O2. The summed E-state index contributed by atoms with van der Waals surface area (Å²) in [6, 6.07) is 7.28. The van der Waals surface area contributed by atoms with Crippen molar-refractivity contribution < 1.29 is 9.32 Å². The van der Waals surface area contributed by atoms with E-state index in [9.17, 15) is 4.79 Å². The molecule has 0 saturated carbocycles. The molecule has 0 saturated heterocycles. The first-order valence-electron chi connectivity index (χ1n) is 7.24. The third-order valence-corrected chi connectivity index (χ3v) is 4.19. The molecule has 0 aliphatic heterocycles. The van der Waals surface area contributed by atoms with Gasteiger partial charge in [-0.3, -0.25) is 4.79 Å². The van der Waals surface area contributed by atoms with E-state index in [-0.39, 0.29) is 17.4 Å². The Bertz CT molecular complexity index is 686. The summed E-state index contributed by atoms with van der Waals surface area (Å²) in [6.07, 6.45) is 0. The van der Waals surface area contributed by atoms with Crippen LogP contribution in [0.3, 0.4) is 0 Å². The van der Waals surface area contributed by atoms with Gasteiger partial charge in [-0.05, 0) is 25.3 Å². The van der Waals surface area contributed by atoms with Crippen molar-refractivity contribution >= 4 is 17.5 Å². The van der Waals surface area contributed by atoms with E-state index in [0.717, 1.165) is 0 Å². The van der Waals surface area contributed by atoms with Gasteiger partial charge >= 0.3 is 0 Å². The van der Waals surface area contributed by atoms with Gasteiger partial charge in [0.2, 0.25) is 0 Å². The Morgan fingerprint density at radius 2 is 1.95 bits per heavy atom. The molecule has 1 aromatic heterocycles. The monoisotopic (exact) mass is 320 g/mol. The fourth-order valence-corrected chi connectivity index (χ4v) is 2.19. The molecule has 1 heterocycles. The minimum Gasteiger partial charge on any atom is -0.360 e. The number of halogens is 1. The number of aromatic nitrogens is 1. The van der Waals surface area contributed by atoms with Gasteiger partial charge in [-0.2, -0.15) is 0 Å². The normalized spacial score (nSPS) is 13.0. The first-order chi connectivity index (χ1) is 10.2. The molecule has 1 N–H and O–H groups in total. The molecule has 0 fully saturated rings. The smallest absolute Gasteiger partial charge is 0.257 e. The third kappa shape index (κ3) is 3.33. The molecule has 1 atom stereocenters. The second-order valence-electron chi connectivity index (χ2n) is 6.50. The largest absolute Gasteiger partial charge is 0.360 e. The van der Waals surface area contributed by atoms with Gasteiger partial charge in [-0.25, -0.2) is 0 Å². The molecule has 2 rings (SSSR count). The van der Waals surface area contributed by atoms with Gasteiger partial charge < -0.3 is 9.84 Å². The minimum absolute atomic E-state index is 0.00777. The number of hydrogen-bond acceptors (Lipinski definition) is 3. The van der Waals surface area contributed by atoms with Gasteiger partial charge in [-0.1, -0.05) is 55.7 Å². The van der Waals surface area contributed by atoms with Crippen LogP contribution in [0.2, 0.25) is 5.02 Å². The second-order valence-corrected chi connectivity index (χ2v) is 6.91. The van der Waals surface area contributed by atoms with E-state index in [0.29, 0.717) is 27.6 Å². The van der Waals surface area contributed by atoms with Crippen molar-refractivity contribution in [3.63, 3.8) is 0 Å². The van der Waals surface area contributed by atoms with E-state index in [1.54, 1.807) is 13.0 Å². The molecule has 0 aliphatic rings. The topological polar surface area (TPSA) is 55.1 Å². The molecule has 4 nitrogen and oxygen atoms in total. The summed E-state index contributed by atoms with van der Waals surface area (Å²) < 4.78 is 5.22. The summed E-state index contributed by atoms with van der Waals surface area (Å²) in [5.74, 6) is 0.282. The average Bonchev–Trinajstić information content (AvgIpc) is 2.80. The lowest BCUT2D eigenvalue weighted by atomic mass is 9.88. The van der Waals surface area contributed by atoms with Gasteiger partial charge in [-0.15, -0.1) is 0 Å². The maximum absolute atomic E-state index is 12.6. The lowest BCUT2D eigenvalue weighted by molar-refractivity contribution is 0.0909. The van der Waals surface area contributed by atoms with Crippen molar-refractivity contribution in [2.45, 2.75) is 40.7 Å². The predicted molar refractivity (Wildman–Crippen MR) is 88.1 cm³/mol. The summed E-state index contributed by atoms with van der Waals surface area (Å²) in [4.78, 5) is 12.6. The number of aryl methyl sites for hydroxylation is 1. The second kappa shape index (κ2) is 6.13. The standard InChI is InChI=1S/C17H21ClN2O2/c1-10-14(16(21)19-11(2)17(3,4)5)15(20-22-10)12-8-6-7-9-13(12)18/h6-9,11H,1-5H3,(H,19,21)/t11-/m1/s1. The highest BCUT2D eigenvalue weighted by Crippen LogP contribution is 2.31. The van der Waals surface area contributed by atoms with E-state index >= 15 is 0 Å². The molecule has 0 unspecified atom stereocenters. The molecule has 1 amide bonds. The number of carbonyl (C=O) groups is 1. The van der Waals surface area contributed by atoms with Crippen LogP contribution in [0, 0.1) is 12.3 Å². The SMILES string of the molecule is Cc1onc(-c2ccccc2Cl)c1C(=O)N[C@H](C)C(C)(C)C. The first kappa shape index (κ1) is 16.6. The van der Waals surface area contributed by atoms with Crippen molar-refractivity contribution in [3.8, 4) is 11.3 Å². The Kier molecular flexibility index (Phi) is 4.61. The van der Waals surface area contributed by atoms with Gasteiger partial charge in [0, 0.05) is 11.6 Å². The maximum Gasteiger partial charge on any atom is 0.257 e. The highest BCUT2D eigenvalue weighted by Gasteiger charge is 2.27. The molecular weight excluding hydrogens is 300 g/mol. The number of hydrogen-bond donors (Lipinski definition) is 1. The molecule has 5 heteroatoms. The number of benzene rings is 1. The van der Waals surface area contributed by atoms with Gasteiger partial charge in [0.25, 0.3) is 5.91 Å². The zero-order valence-electron chi connectivity index (χ0n) is 13.5. The summed E-state index contributed by atoms with van der Waals surface area (Å²) in [7, 11) is 0. The molecule has 1 aromatic carbocycles. The van der Waals surface area contributed by atoms with Gasteiger partial charge in [0.05, 0.1) is 5.02 Å². The number of amides is 1. The van der Waals surface area contributed by atoms with Crippen LogP contribution in [0.25, 0.3) is 11.3 Å². The van der Waals surface area contributed by atoms with Crippen LogP contribution in [0.15, 0.2) is 28.8 Å². The summed E-state index contributed by atoms with van der Waals surface area (Å²) in [5.41, 5.74) is 1.56. The third-order valence-electron chi connectivity index (χ3n) is 3.87. The van der Waals surface area contributed by atoms with Crippen LogP contribution in [0.1, 0.15) is 43.8 Å². The molecule has 0 bridgehead atoms. The van der Waals surface area contributed by atoms with E-state index in [2.05, 4.69) is 31.2 Å². The van der Waals surface area contributed by atoms with Crippen molar-refractivity contribution in [1.82, 2.24) is 10.5 Å². The van der Waals surface area contributed by atoms with Crippen LogP contribution >= 0.6 is 11.6 Å². The highest BCUT2D eigenvalue weighted by molar-refractivity contribution is 6.33. The van der Waals surface area contributed by atoms with Crippen molar-refractivity contribution in [2.75, 3.05) is 0 Å². The quantitative estimate of drug-likeness (QED) is 0.907. The van der Waals surface area contributed by atoms with Crippen LogP contribution < -0.4 is 5.32 Å². The average molecular weight is 321 g/mol. The molecule has 2 aromatic rings. The van der Waals surface area contributed by atoms with E-state index < -0.39 is 0 Å². The summed E-state index contributed by atoms with van der Waals surface area (Å²) in [5, 5.41) is 7.56.